The zero-order chi connectivity index (χ0) is 105. The fourth-order valence-electron chi connectivity index (χ4n) is 18.6. The molecule has 0 saturated carbocycles. The van der Waals surface area contributed by atoms with Gasteiger partial charge in [0.15, 0.2) is 34.5 Å². The molecule has 6 aromatic heterocycles. The average Bonchev–Trinajstić information content (AvgIpc) is 1.70. The molecule has 2 aliphatic heterocycles. The molecule has 147 heavy (non-hydrogen) atoms. The van der Waals surface area contributed by atoms with Gasteiger partial charge in [0.1, 0.15) is 34.5 Å². The summed E-state index contributed by atoms with van der Waals surface area (Å²) in [5.74, 6) is 7.03. The van der Waals surface area contributed by atoms with Gasteiger partial charge in [-0.15, -0.1) is 0 Å². The number of ether oxygens (including phenoxy) is 6. The minimum absolute atomic E-state index is 0. The van der Waals surface area contributed by atoms with Crippen LogP contribution in [-0.2, 0) is 65.0 Å². The third-order valence-electron chi connectivity index (χ3n) is 28.2. The van der Waals surface area contributed by atoms with Crippen LogP contribution in [0.5, 0.6) is 69.0 Å². The zero-order valence-corrected chi connectivity index (χ0v) is 94.4. The summed E-state index contributed by atoms with van der Waals surface area (Å²) in [6.45, 7) is 80.4. The summed E-state index contributed by atoms with van der Waals surface area (Å²) in [7, 11) is 0. The number of aromatic nitrogens is 12. The molecule has 19 heteroatoms. The first kappa shape index (κ1) is 104. The normalized spacial score (nSPS) is 13.3. The van der Waals surface area contributed by atoms with Crippen LogP contribution in [0.25, 0.3) is 134 Å². The van der Waals surface area contributed by atoms with Crippen molar-refractivity contribution in [3.63, 3.8) is 0 Å². The van der Waals surface area contributed by atoms with Crippen molar-refractivity contribution in [1.82, 2.24) is 59.8 Å². The molecule has 2 aliphatic rings. The summed E-state index contributed by atoms with van der Waals surface area (Å²) in [5.41, 5.74) is 17.0. The Morgan fingerprint density at radius 1 is 0.184 bits per heavy atom. The van der Waals surface area contributed by atoms with Gasteiger partial charge in [0, 0.05) is 68.0 Å². The molecule has 0 spiro atoms. The molecule has 17 aromatic rings. The average molecular weight is 1970 g/mol. The Bertz CT molecular complexity index is 7750. The molecule has 0 saturated heterocycles. The molecule has 0 aliphatic carbocycles. The van der Waals surface area contributed by atoms with Gasteiger partial charge >= 0.3 is 23.1 Å². The summed E-state index contributed by atoms with van der Waals surface area (Å²) in [4.78, 5) is 67.3. The largest absolute Gasteiger partial charge is 2.00 e. The Hall–Kier alpha value is -13.2. The van der Waals surface area contributed by atoms with Crippen molar-refractivity contribution in [1.29, 1.82) is 0 Å². The molecule has 8 heterocycles. The van der Waals surface area contributed by atoms with Crippen molar-refractivity contribution in [2.75, 3.05) is 0 Å². The molecule has 0 amide bonds. The first-order valence-corrected chi connectivity index (χ1v) is 51.3. The quantitative estimate of drug-likeness (QED) is 0.0632. The third-order valence-corrected chi connectivity index (χ3v) is 28.2. The molecule has 0 unspecified atom stereocenters. The molecule has 0 fully saturated rings. The van der Waals surface area contributed by atoms with E-state index >= 15 is 0 Å². The van der Waals surface area contributed by atoms with Crippen molar-refractivity contribution in [2.45, 2.75) is 314 Å². The predicted molar refractivity (Wildman–Crippen MR) is 604 cm³/mol. The van der Waals surface area contributed by atoms with E-state index in [1.807, 2.05) is 72.8 Å². The van der Waals surface area contributed by atoms with E-state index in [4.69, 9.17) is 88.2 Å². The third kappa shape index (κ3) is 21.0. The number of hydrogen-bond donors (Lipinski definition) is 0. The minimum Gasteiger partial charge on any atom is -0.453 e. The van der Waals surface area contributed by atoms with Crippen molar-refractivity contribution in [3.8, 4) is 115 Å². The number of hydrogen-bond acceptors (Lipinski definition) is 16. The van der Waals surface area contributed by atoms with Crippen LogP contribution >= 0.6 is 0 Å². The maximum absolute atomic E-state index is 7.61. The van der Waals surface area contributed by atoms with Crippen molar-refractivity contribution in [3.05, 3.63) is 261 Å². The molecule has 0 N–H and O–H groups in total. The maximum atomic E-state index is 7.61. The fourth-order valence-corrected chi connectivity index (χ4v) is 18.6. The predicted octanol–water partition coefficient (Wildman–Crippen LogP) is 34.3. The van der Waals surface area contributed by atoms with Gasteiger partial charge in [0.25, 0.3) is 0 Å². The smallest absolute Gasteiger partial charge is 0.453 e. The SMILES string of the molecule is CC(C)(C)c1cc(Oc2cc3c(cc2Oc2cc(C(C)(C)C)cc(C(C)(C)C)c2)-c2nc-3nc3[n-]c(nc4nc(nc5[n-]c(n2)c2cc6nc7c8cccnc8c8ncccc8c7nc6cc52)-c2cc(Oc5cc(C(C)(C)C)cc(C(C)(C)C)c5)c(Oc5cc(C(C)(C)C)cc(C(C)(C)C)c5)cc2-4)c2cc(Oc4cc(C(C)(C)C)cc(C(C)(C)C)c4)c(Oc4cc(C(C)(C)C)cc(C(C)(C)C)c4)cc32)cc(C(C)(C)C)c1.[Mg+2]. The van der Waals surface area contributed by atoms with E-state index in [-0.39, 0.29) is 134 Å². The van der Waals surface area contributed by atoms with Crippen LogP contribution in [0.15, 0.2) is 194 Å². The van der Waals surface area contributed by atoms with Gasteiger partial charge in [-0.05, 0) is 299 Å². The Morgan fingerprint density at radius 3 is 0.544 bits per heavy atom. The van der Waals surface area contributed by atoms with E-state index in [1.54, 1.807) is 12.4 Å². The molecular weight excluding hydrogens is 1830 g/mol. The second kappa shape index (κ2) is 36.1. The topological polar surface area (TPSA) is 212 Å². The summed E-state index contributed by atoms with van der Waals surface area (Å²) in [5, 5.41) is 3.88. The number of pyridine rings is 2. The summed E-state index contributed by atoms with van der Waals surface area (Å²) in [6.07, 6.45) is 3.57. The molecule has 8 bridgehead atoms. The van der Waals surface area contributed by atoms with Crippen LogP contribution in [0.2, 0.25) is 0 Å². The molecule has 19 rings (SSSR count). The van der Waals surface area contributed by atoms with Crippen LogP contribution in [0.1, 0.15) is 316 Å². The molecule has 11 aromatic carbocycles. The van der Waals surface area contributed by atoms with Crippen LogP contribution in [0.4, 0.5) is 0 Å². The van der Waals surface area contributed by atoms with E-state index in [2.05, 4.69) is 358 Å². The van der Waals surface area contributed by atoms with Gasteiger partial charge in [-0.3, -0.25) is 9.97 Å². The van der Waals surface area contributed by atoms with Gasteiger partial charge in [-0.25, -0.2) is 19.9 Å². The Morgan fingerprint density at radius 2 is 0.361 bits per heavy atom. The Labute approximate surface area is 882 Å². The zero-order valence-electron chi connectivity index (χ0n) is 93.0. The summed E-state index contributed by atoms with van der Waals surface area (Å²) >= 11 is 0. The number of rotatable bonds is 12. The van der Waals surface area contributed by atoms with Gasteiger partial charge in [-0.2, -0.15) is 0 Å². The van der Waals surface area contributed by atoms with Crippen LogP contribution in [-0.4, -0.2) is 72.9 Å². The van der Waals surface area contributed by atoms with E-state index in [0.29, 0.717) is 146 Å². The molecule has 18 nitrogen and oxygen atoms in total. The fraction of sp³-hybridized carbons (Fsp3) is 0.375. The van der Waals surface area contributed by atoms with Crippen molar-refractivity contribution < 1.29 is 28.4 Å². The monoisotopic (exact) mass is 1970 g/mol. The Balaban J connectivity index is 0.0000142. The number of nitrogens with zero attached hydrogens (tertiary/aromatic N) is 12. The number of fused-ring (bicyclic) bond motifs is 27. The van der Waals surface area contributed by atoms with E-state index in [1.165, 1.54) is 0 Å². The van der Waals surface area contributed by atoms with Crippen LogP contribution in [0.3, 0.4) is 0 Å². The minimum atomic E-state index is -0.280. The molecule has 0 radical (unpaired) electrons. The number of benzene rings is 11. The molecule has 0 atom stereocenters. The van der Waals surface area contributed by atoms with Crippen LogP contribution in [0, 0.1) is 0 Å². The second-order valence-electron chi connectivity index (χ2n) is 52.7. The first-order chi connectivity index (χ1) is 67.7. The van der Waals surface area contributed by atoms with E-state index in [0.717, 1.165) is 77.5 Å². The summed E-state index contributed by atoms with van der Waals surface area (Å²) < 4.78 is 45.5. The van der Waals surface area contributed by atoms with Gasteiger partial charge in [-0.1, -0.05) is 286 Å². The molecule has 750 valence electrons. The van der Waals surface area contributed by atoms with Crippen LogP contribution < -0.4 is 38.4 Å². The maximum Gasteiger partial charge on any atom is 2.00 e. The van der Waals surface area contributed by atoms with Crippen molar-refractivity contribution in [2.24, 2.45) is 0 Å². The molecular formula is C128H140MgN12O6. The van der Waals surface area contributed by atoms with Crippen molar-refractivity contribution >= 4 is 111 Å². The summed E-state index contributed by atoms with van der Waals surface area (Å²) in [6, 6.07) is 63.3. The van der Waals surface area contributed by atoms with Gasteiger partial charge in [0.05, 0.1) is 56.4 Å². The second-order valence-corrected chi connectivity index (χ2v) is 52.7. The van der Waals surface area contributed by atoms with Gasteiger partial charge < -0.3 is 58.3 Å². The van der Waals surface area contributed by atoms with E-state index in [9.17, 15) is 0 Å². The Kier molecular flexibility index (Phi) is 25.5. The first-order valence-electron chi connectivity index (χ1n) is 51.3. The standard InChI is InChI=1S/C128H140N12O6.Mg/c1-117(2,3)69-43-70(118(4,5)6)50-81(49-69)141-99-63-91-93(65-101(99)143-83-53-73(121(13,14)15)45-74(54-83)122(16,17)18)113-136-111(91)134-109-89-61-97-98(132-108-88-40-38-42-130-106(88)105-87(107(108)131-97)39-37-41-129-105)62-90(89)110(133-109)135-112-92-64-100(142-82-51-71(119(7,8)9)44-72(52-82)120(10,11)12)102(144-84-55-75(123(19,20)21)46-76(56-84)124(22,23)24)66-94(92)114(137-112)139-116-96-68-104(146-86-59-79(127(31,32)33)48-80(60-86)128(34,35)36)103(67-95(96)115(138-113)140-116)145-85-57-77(125(25,26)27)47-78(58-85)126(28,29)30;/h37-68H,1-36H3;/q-2;+2. The van der Waals surface area contributed by atoms with Gasteiger partial charge in [0.2, 0.25) is 0 Å². The van der Waals surface area contributed by atoms with E-state index < -0.39 is 0 Å².